The Hall–Kier alpha value is -3.68. The van der Waals surface area contributed by atoms with Crippen molar-refractivity contribution in [3.05, 3.63) is 83.4 Å². The maximum absolute atomic E-state index is 13.3. The minimum absolute atomic E-state index is 0.0454. The molecule has 36 heavy (non-hydrogen) atoms. The van der Waals surface area contributed by atoms with Crippen LogP contribution in [-0.2, 0) is 9.59 Å². The van der Waals surface area contributed by atoms with Crippen molar-refractivity contribution in [1.82, 2.24) is 4.90 Å². The molecule has 2 fully saturated rings. The first-order valence-corrected chi connectivity index (χ1v) is 12.3. The van der Waals surface area contributed by atoms with E-state index < -0.39 is 6.04 Å². The van der Waals surface area contributed by atoms with Crippen LogP contribution in [0, 0.1) is 0 Å². The number of anilines is 2. The van der Waals surface area contributed by atoms with Crippen LogP contribution in [0.1, 0.15) is 23.7 Å². The second kappa shape index (κ2) is 10.1. The molecule has 184 valence electrons. The summed E-state index contributed by atoms with van der Waals surface area (Å²) in [5.41, 5.74) is 2.29. The summed E-state index contributed by atoms with van der Waals surface area (Å²) in [6.45, 7) is 4.41. The molecule has 0 spiro atoms. The number of benzene rings is 3. The van der Waals surface area contributed by atoms with Crippen LogP contribution in [0.15, 0.2) is 72.8 Å². The van der Waals surface area contributed by atoms with Crippen LogP contribution in [-0.4, -0.2) is 54.7 Å². The summed E-state index contributed by atoms with van der Waals surface area (Å²) in [4.78, 5) is 43.2. The van der Waals surface area contributed by atoms with Gasteiger partial charge in [0.1, 0.15) is 11.5 Å². The Kier molecular flexibility index (Phi) is 6.76. The largest absolute Gasteiger partial charge is 0.457 e. The van der Waals surface area contributed by atoms with Crippen LogP contribution >= 0.6 is 11.6 Å². The monoisotopic (exact) mass is 503 g/mol. The molecule has 0 radical (unpaired) electrons. The Balaban J connectivity index is 1.20. The van der Waals surface area contributed by atoms with Crippen molar-refractivity contribution in [2.45, 2.75) is 19.4 Å². The number of Topliss-reactive ketones (excluding diaryl/α,β-unsaturated/α-hetero) is 1. The number of nitrogens with zero attached hydrogens (tertiary/aromatic N) is 3. The number of carbonyl (C=O) groups is 3. The standard InChI is InChI=1S/C28H26ClN3O4/c1-19(33)20-2-6-22(7-3-20)30-14-16-31(17-15-30)26-18-27(34)32(28(26)35)23-8-12-25(13-9-23)36-24-10-4-21(29)5-11-24/h2-13,26H,14-18H2,1H3/t26-/m0/s1. The average molecular weight is 504 g/mol. The molecule has 0 aromatic heterocycles. The van der Waals surface area contributed by atoms with E-state index in [2.05, 4.69) is 9.80 Å². The summed E-state index contributed by atoms with van der Waals surface area (Å²) in [6.07, 6.45) is 0.176. The van der Waals surface area contributed by atoms with Crippen molar-refractivity contribution in [1.29, 1.82) is 0 Å². The van der Waals surface area contributed by atoms with Gasteiger partial charge < -0.3 is 9.64 Å². The number of hydrogen-bond donors (Lipinski definition) is 0. The van der Waals surface area contributed by atoms with E-state index in [4.69, 9.17) is 16.3 Å². The van der Waals surface area contributed by atoms with Crippen molar-refractivity contribution in [2.75, 3.05) is 36.0 Å². The van der Waals surface area contributed by atoms with Gasteiger partial charge in [0.25, 0.3) is 5.91 Å². The first-order valence-electron chi connectivity index (χ1n) is 11.9. The molecule has 2 heterocycles. The zero-order chi connectivity index (χ0) is 25.2. The zero-order valence-corrected chi connectivity index (χ0v) is 20.6. The van der Waals surface area contributed by atoms with Gasteiger partial charge in [0.15, 0.2) is 5.78 Å². The molecule has 0 N–H and O–H groups in total. The number of ketones is 1. The van der Waals surface area contributed by atoms with Crippen LogP contribution in [0.3, 0.4) is 0 Å². The van der Waals surface area contributed by atoms with Crippen LogP contribution in [0.5, 0.6) is 11.5 Å². The fraction of sp³-hybridized carbons (Fsp3) is 0.250. The predicted molar refractivity (Wildman–Crippen MR) is 139 cm³/mol. The number of imide groups is 1. The van der Waals surface area contributed by atoms with E-state index in [0.29, 0.717) is 40.9 Å². The molecule has 5 rings (SSSR count). The van der Waals surface area contributed by atoms with Gasteiger partial charge in [0.2, 0.25) is 5.91 Å². The third-order valence-corrected chi connectivity index (χ3v) is 6.91. The van der Waals surface area contributed by atoms with Gasteiger partial charge in [0, 0.05) is 42.5 Å². The van der Waals surface area contributed by atoms with E-state index in [1.807, 2.05) is 24.3 Å². The van der Waals surface area contributed by atoms with Gasteiger partial charge in [-0.15, -0.1) is 0 Å². The highest BCUT2D eigenvalue weighted by atomic mass is 35.5. The third kappa shape index (κ3) is 4.98. The van der Waals surface area contributed by atoms with Crippen molar-refractivity contribution < 1.29 is 19.1 Å². The molecular weight excluding hydrogens is 478 g/mol. The summed E-state index contributed by atoms with van der Waals surface area (Å²) in [5.74, 6) is 0.909. The summed E-state index contributed by atoms with van der Waals surface area (Å²) in [6, 6.07) is 21.1. The van der Waals surface area contributed by atoms with Crippen molar-refractivity contribution in [3.8, 4) is 11.5 Å². The van der Waals surface area contributed by atoms with E-state index in [1.54, 1.807) is 55.5 Å². The number of hydrogen-bond acceptors (Lipinski definition) is 6. The van der Waals surface area contributed by atoms with Gasteiger partial charge >= 0.3 is 0 Å². The summed E-state index contributed by atoms with van der Waals surface area (Å²) >= 11 is 5.91. The zero-order valence-electron chi connectivity index (χ0n) is 19.9. The van der Waals surface area contributed by atoms with Crippen LogP contribution in [0.2, 0.25) is 5.02 Å². The van der Waals surface area contributed by atoms with Gasteiger partial charge in [-0.25, -0.2) is 4.90 Å². The lowest BCUT2D eigenvalue weighted by Crippen LogP contribution is -2.52. The van der Waals surface area contributed by atoms with Gasteiger partial charge in [-0.05, 0) is 79.7 Å². The molecule has 7 nitrogen and oxygen atoms in total. The Bertz CT molecular complexity index is 1270. The Labute approximate surface area is 214 Å². The maximum Gasteiger partial charge on any atom is 0.251 e. The number of carbonyl (C=O) groups excluding carboxylic acids is 3. The highest BCUT2D eigenvalue weighted by molar-refractivity contribution is 6.30. The molecule has 2 aliphatic heterocycles. The van der Waals surface area contributed by atoms with Crippen molar-refractivity contribution in [3.63, 3.8) is 0 Å². The van der Waals surface area contributed by atoms with E-state index in [0.717, 1.165) is 18.8 Å². The highest BCUT2D eigenvalue weighted by Crippen LogP contribution is 2.30. The average Bonchev–Trinajstić information content (AvgIpc) is 3.19. The van der Waals surface area contributed by atoms with Gasteiger partial charge in [-0.1, -0.05) is 11.6 Å². The molecule has 0 aliphatic carbocycles. The number of piperazine rings is 1. The molecule has 0 saturated carbocycles. The summed E-state index contributed by atoms with van der Waals surface area (Å²) in [7, 11) is 0. The van der Waals surface area contributed by atoms with Gasteiger partial charge in [-0.3, -0.25) is 19.3 Å². The Morgan fingerprint density at radius 1 is 0.806 bits per heavy atom. The van der Waals surface area contributed by atoms with Crippen molar-refractivity contribution in [2.24, 2.45) is 0 Å². The second-order valence-electron chi connectivity index (χ2n) is 8.96. The highest BCUT2D eigenvalue weighted by Gasteiger charge is 2.43. The summed E-state index contributed by atoms with van der Waals surface area (Å²) in [5, 5.41) is 0.628. The van der Waals surface area contributed by atoms with E-state index in [9.17, 15) is 14.4 Å². The molecule has 3 aromatic rings. The molecule has 2 aliphatic rings. The second-order valence-corrected chi connectivity index (χ2v) is 9.40. The third-order valence-electron chi connectivity index (χ3n) is 6.66. The predicted octanol–water partition coefficient (Wildman–Crippen LogP) is 4.79. The van der Waals surface area contributed by atoms with Gasteiger partial charge in [0.05, 0.1) is 18.2 Å². The van der Waals surface area contributed by atoms with E-state index >= 15 is 0 Å². The molecule has 8 heteroatoms. The number of halogens is 1. The topological polar surface area (TPSA) is 70.2 Å². The fourth-order valence-corrected chi connectivity index (χ4v) is 4.80. The molecule has 3 aromatic carbocycles. The first kappa shape index (κ1) is 24.0. The lowest BCUT2D eigenvalue weighted by atomic mass is 10.1. The molecule has 0 unspecified atom stereocenters. The fourth-order valence-electron chi connectivity index (χ4n) is 4.67. The minimum Gasteiger partial charge on any atom is -0.457 e. The van der Waals surface area contributed by atoms with E-state index in [1.165, 1.54) is 4.90 Å². The van der Waals surface area contributed by atoms with Crippen LogP contribution in [0.4, 0.5) is 11.4 Å². The van der Waals surface area contributed by atoms with E-state index in [-0.39, 0.29) is 24.0 Å². The Morgan fingerprint density at radius 3 is 1.94 bits per heavy atom. The molecule has 2 amide bonds. The van der Waals surface area contributed by atoms with Gasteiger partial charge in [-0.2, -0.15) is 0 Å². The number of amides is 2. The normalized spacial score (nSPS) is 18.6. The Morgan fingerprint density at radius 2 is 1.36 bits per heavy atom. The van der Waals surface area contributed by atoms with Crippen LogP contribution < -0.4 is 14.5 Å². The van der Waals surface area contributed by atoms with Crippen LogP contribution in [0.25, 0.3) is 0 Å². The SMILES string of the molecule is CC(=O)c1ccc(N2CCN([C@H]3CC(=O)N(c4ccc(Oc5ccc(Cl)cc5)cc4)C3=O)CC2)cc1. The maximum atomic E-state index is 13.3. The first-order chi connectivity index (χ1) is 17.4. The lowest BCUT2D eigenvalue weighted by molar-refractivity contribution is -0.123. The number of ether oxygens (including phenoxy) is 1. The number of rotatable bonds is 6. The van der Waals surface area contributed by atoms with Crippen molar-refractivity contribution >= 4 is 40.6 Å². The quantitative estimate of drug-likeness (QED) is 0.356. The molecule has 0 bridgehead atoms. The smallest absolute Gasteiger partial charge is 0.251 e. The molecular formula is C28H26ClN3O4. The summed E-state index contributed by atoms with van der Waals surface area (Å²) < 4.78 is 5.81. The molecule has 1 atom stereocenters. The lowest BCUT2D eigenvalue weighted by Gasteiger charge is -2.38. The minimum atomic E-state index is -0.454. The molecule has 2 saturated heterocycles.